The van der Waals surface area contributed by atoms with E-state index in [4.69, 9.17) is 4.74 Å². The van der Waals surface area contributed by atoms with Gasteiger partial charge in [0.05, 0.1) is 12.1 Å². The maximum Gasteiger partial charge on any atom is 0.128 e. The van der Waals surface area contributed by atoms with Gasteiger partial charge in [-0.3, -0.25) is 0 Å². The van der Waals surface area contributed by atoms with Crippen molar-refractivity contribution in [1.29, 1.82) is 0 Å². The monoisotopic (exact) mass is 251 g/mol. The van der Waals surface area contributed by atoms with Crippen LogP contribution < -0.4 is 5.32 Å². The highest BCUT2D eigenvalue weighted by molar-refractivity contribution is 5.05. The van der Waals surface area contributed by atoms with Gasteiger partial charge in [0.2, 0.25) is 0 Å². The van der Waals surface area contributed by atoms with Crippen molar-refractivity contribution in [3.8, 4) is 0 Å². The summed E-state index contributed by atoms with van der Waals surface area (Å²) in [4.78, 5) is 4.54. The van der Waals surface area contributed by atoms with Crippen molar-refractivity contribution < 1.29 is 4.74 Å². The molecule has 2 atom stereocenters. The van der Waals surface area contributed by atoms with Crippen LogP contribution in [0.5, 0.6) is 0 Å². The first-order valence-electron chi connectivity index (χ1n) is 7.11. The lowest BCUT2D eigenvalue weighted by Gasteiger charge is -2.27. The number of nitrogens with zero attached hydrogens (tertiary/aromatic N) is 2. The Balaban J connectivity index is 2.16. The van der Waals surface area contributed by atoms with Crippen LogP contribution >= 0.6 is 0 Å². The molecule has 1 aromatic rings. The Morgan fingerprint density at radius 3 is 2.83 bits per heavy atom. The van der Waals surface area contributed by atoms with Gasteiger partial charge in [-0.1, -0.05) is 6.92 Å². The Kier molecular flexibility index (Phi) is 4.78. The highest BCUT2D eigenvalue weighted by atomic mass is 16.5. The summed E-state index contributed by atoms with van der Waals surface area (Å²) >= 11 is 0. The predicted octanol–water partition coefficient (Wildman–Crippen LogP) is 2.37. The van der Waals surface area contributed by atoms with Gasteiger partial charge in [0.25, 0.3) is 0 Å². The van der Waals surface area contributed by atoms with E-state index >= 15 is 0 Å². The third-order valence-electron chi connectivity index (χ3n) is 3.58. The van der Waals surface area contributed by atoms with Crippen LogP contribution in [-0.4, -0.2) is 29.3 Å². The Morgan fingerprint density at radius 2 is 2.28 bits per heavy atom. The molecule has 4 heteroatoms. The van der Waals surface area contributed by atoms with Crippen LogP contribution in [0.3, 0.4) is 0 Å². The zero-order valence-electron chi connectivity index (χ0n) is 11.7. The van der Waals surface area contributed by atoms with E-state index in [9.17, 15) is 0 Å². The zero-order valence-corrected chi connectivity index (χ0v) is 11.7. The molecule has 102 valence electrons. The summed E-state index contributed by atoms with van der Waals surface area (Å²) in [6.07, 6.45) is 7.93. The topological polar surface area (TPSA) is 39.1 Å². The van der Waals surface area contributed by atoms with Gasteiger partial charge < -0.3 is 14.6 Å². The fraction of sp³-hybridized carbons (Fsp3) is 0.786. The summed E-state index contributed by atoms with van der Waals surface area (Å²) in [5.41, 5.74) is 0. The second-order valence-electron chi connectivity index (χ2n) is 5.00. The number of hydrogen-bond donors (Lipinski definition) is 1. The minimum atomic E-state index is 0.207. The number of aromatic nitrogens is 2. The Labute approximate surface area is 110 Å². The number of aryl methyl sites for hydroxylation is 1. The van der Waals surface area contributed by atoms with Gasteiger partial charge in [0.1, 0.15) is 5.82 Å². The summed E-state index contributed by atoms with van der Waals surface area (Å²) in [7, 11) is 2.00. The number of likely N-dealkylation sites (N-methyl/N-ethyl adjacent to an activating group) is 1. The molecule has 0 radical (unpaired) electrons. The molecule has 0 spiro atoms. The lowest BCUT2D eigenvalue weighted by atomic mass is 10.1. The summed E-state index contributed by atoms with van der Waals surface area (Å²) < 4.78 is 8.21. The van der Waals surface area contributed by atoms with Gasteiger partial charge in [-0.2, -0.15) is 0 Å². The molecular weight excluding hydrogens is 226 g/mol. The zero-order chi connectivity index (χ0) is 13.0. The van der Waals surface area contributed by atoms with Crippen LogP contribution in [0.25, 0.3) is 0 Å². The first-order chi connectivity index (χ1) is 8.81. The molecule has 1 aromatic heterocycles. The maximum absolute atomic E-state index is 5.96. The SMILES string of the molecule is CCCn1ccnc1C(NC)C(OCC)C1CC1. The maximum atomic E-state index is 5.96. The van der Waals surface area contributed by atoms with Gasteiger partial charge in [-0.05, 0) is 39.2 Å². The van der Waals surface area contributed by atoms with Gasteiger partial charge in [0, 0.05) is 25.5 Å². The molecule has 0 saturated heterocycles. The fourth-order valence-electron chi connectivity index (χ4n) is 2.59. The molecular formula is C14H25N3O. The molecule has 18 heavy (non-hydrogen) atoms. The number of rotatable bonds is 8. The van der Waals surface area contributed by atoms with E-state index in [1.165, 1.54) is 12.8 Å². The van der Waals surface area contributed by atoms with Gasteiger partial charge >= 0.3 is 0 Å². The van der Waals surface area contributed by atoms with Crippen LogP contribution in [0, 0.1) is 5.92 Å². The van der Waals surface area contributed by atoms with Crippen LogP contribution in [0.2, 0.25) is 0 Å². The van der Waals surface area contributed by atoms with Gasteiger partial charge in [-0.25, -0.2) is 4.98 Å². The van der Waals surface area contributed by atoms with Crippen LogP contribution in [-0.2, 0) is 11.3 Å². The fourth-order valence-corrected chi connectivity index (χ4v) is 2.59. The van der Waals surface area contributed by atoms with Crippen molar-refractivity contribution in [1.82, 2.24) is 14.9 Å². The predicted molar refractivity (Wildman–Crippen MR) is 72.5 cm³/mol. The third kappa shape index (κ3) is 2.93. The number of nitrogens with one attached hydrogen (secondary N) is 1. The van der Waals surface area contributed by atoms with E-state index in [0.717, 1.165) is 25.4 Å². The Bertz CT molecular complexity index is 360. The standard InChI is InChI=1S/C14H25N3O/c1-4-9-17-10-8-16-14(17)12(15-3)13(18-5-2)11-6-7-11/h8,10-13,15H,4-7,9H2,1-3H3. The summed E-state index contributed by atoms with van der Waals surface area (Å²) in [6.45, 7) is 6.06. The lowest BCUT2D eigenvalue weighted by molar-refractivity contribution is 0.0174. The Morgan fingerprint density at radius 1 is 1.50 bits per heavy atom. The molecule has 1 fully saturated rings. The van der Waals surface area contributed by atoms with Crippen LogP contribution in [0.4, 0.5) is 0 Å². The van der Waals surface area contributed by atoms with Crippen LogP contribution in [0.15, 0.2) is 12.4 Å². The lowest BCUT2D eigenvalue weighted by Crippen LogP contribution is -2.35. The molecule has 1 N–H and O–H groups in total. The second-order valence-corrected chi connectivity index (χ2v) is 5.00. The quantitative estimate of drug-likeness (QED) is 0.771. The normalized spacial score (nSPS) is 18.8. The van der Waals surface area contributed by atoms with Gasteiger partial charge in [-0.15, -0.1) is 0 Å². The molecule has 1 aliphatic carbocycles. The molecule has 0 bridgehead atoms. The first-order valence-corrected chi connectivity index (χ1v) is 7.11. The molecule has 1 aliphatic rings. The molecule has 0 aliphatic heterocycles. The molecule has 4 nitrogen and oxygen atoms in total. The van der Waals surface area contributed by atoms with Crippen molar-refractivity contribution in [2.24, 2.45) is 5.92 Å². The molecule has 2 rings (SSSR count). The largest absolute Gasteiger partial charge is 0.376 e. The summed E-state index contributed by atoms with van der Waals surface area (Å²) in [6, 6.07) is 0.207. The minimum absolute atomic E-state index is 0.207. The van der Waals surface area contributed by atoms with Crippen molar-refractivity contribution >= 4 is 0 Å². The van der Waals surface area contributed by atoms with Crippen molar-refractivity contribution in [3.05, 3.63) is 18.2 Å². The second kappa shape index (κ2) is 6.34. The summed E-state index contributed by atoms with van der Waals surface area (Å²) in [5.74, 6) is 1.82. The van der Waals surface area contributed by atoms with E-state index in [-0.39, 0.29) is 12.1 Å². The van der Waals surface area contributed by atoms with E-state index in [1.54, 1.807) is 0 Å². The highest BCUT2D eigenvalue weighted by Gasteiger charge is 2.38. The Hall–Kier alpha value is -0.870. The average molecular weight is 251 g/mol. The number of imidazole rings is 1. The number of hydrogen-bond acceptors (Lipinski definition) is 3. The van der Waals surface area contributed by atoms with Crippen molar-refractivity contribution in [2.45, 2.75) is 51.8 Å². The third-order valence-corrected chi connectivity index (χ3v) is 3.58. The van der Waals surface area contributed by atoms with Crippen LogP contribution in [0.1, 0.15) is 45.0 Å². The van der Waals surface area contributed by atoms with E-state index in [0.29, 0.717) is 5.92 Å². The highest BCUT2D eigenvalue weighted by Crippen LogP contribution is 2.39. The number of ether oxygens (including phenoxy) is 1. The molecule has 0 amide bonds. The van der Waals surface area contributed by atoms with Gasteiger partial charge in [0.15, 0.2) is 0 Å². The van der Waals surface area contributed by atoms with Crippen molar-refractivity contribution in [2.75, 3.05) is 13.7 Å². The minimum Gasteiger partial charge on any atom is -0.376 e. The van der Waals surface area contributed by atoms with Crippen molar-refractivity contribution in [3.63, 3.8) is 0 Å². The van der Waals surface area contributed by atoms with E-state index in [1.807, 2.05) is 13.2 Å². The molecule has 0 aromatic carbocycles. The summed E-state index contributed by atoms with van der Waals surface area (Å²) in [5, 5.41) is 3.40. The molecule has 1 heterocycles. The average Bonchev–Trinajstić information content (AvgIpc) is 3.12. The molecule has 1 saturated carbocycles. The smallest absolute Gasteiger partial charge is 0.128 e. The van der Waals surface area contributed by atoms with E-state index in [2.05, 4.69) is 34.9 Å². The molecule has 2 unspecified atom stereocenters. The van der Waals surface area contributed by atoms with E-state index < -0.39 is 0 Å². The first kappa shape index (κ1) is 13.6.